The summed E-state index contributed by atoms with van der Waals surface area (Å²) in [4.78, 5) is 0.250. The average molecular weight is 367 g/mol. The van der Waals surface area contributed by atoms with Gasteiger partial charge < -0.3 is 5.32 Å². The predicted octanol–water partition coefficient (Wildman–Crippen LogP) is 4.29. The fourth-order valence-electron chi connectivity index (χ4n) is 2.21. The summed E-state index contributed by atoms with van der Waals surface area (Å²) in [5, 5.41) is 3.25. The van der Waals surface area contributed by atoms with E-state index in [1.54, 1.807) is 24.3 Å². The summed E-state index contributed by atoms with van der Waals surface area (Å²) in [7, 11) is -3.51. The maximum absolute atomic E-state index is 12.3. The molecular formula is C18H23ClN2O2S. The maximum Gasteiger partial charge on any atom is 0.241 e. The lowest BCUT2D eigenvalue weighted by Gasteiger charge is -2.20. The number of anilines is 2. The van der Waals surface area contributed by atoms with Crippen LogP contribution in [0.1, 0.15) is 26.3 Å². The Bertz CT molecular complexity index is 764. The van der Waals surface area contributed by atoms with Gasteiger partial charge in [-0.1, -0.05) is 12.1 Å². The second-order valence-electron chi connectivity index (χ2n) is 6.64. The second kappa shape index (κ2) is 7.55. The first kappa shape index (κ1) is 18.8. The second-order valence-corrected chi connectivity index (χ2v) is 8.70. The summed E-state index contributed by atoms with van der Waals surface area (Å²) in [6.45, 7) is 5.44. The Morgan fingerprint density at radius 2 is 1.42 bits per heavy atom. The van der Waals surface area contributed by atoms with Gasteiger partial charge in [0.05, 0.1) is 4.90 Å². The number of hydrogen-bond acceptors (Lipinski definition) is 3. The van der Waals surface area contributed by atoms with Crippen molar-refractivity contribution in [3.8, 4) is 0 Å². The van der Waals surface area contributed by atoms with Gasteiger partial charge in [0.15, 0.2) is 0 Å². The van der Waals surface area contributed by atoms with E-state index in [9.17, 15) is 8.42 Å². The number of nitrogens with one attached hydrogen (secondary N) is 2. The normalized spacial score (nSPS) is 12.2. The van der Waals surface area contributed by atoms with Gasteiger partial charge in [0.25, 0.3) is 0 Å². The van der Waals surface area contributed by atoms with Gasteiger partial charge in [-0.15, -0.1) is 11.6 Å². The van der Waals surface area contributed by atoms with Gasteiger partial charge in [-0.3, -0.25) is 0 Å². The molecule has 4 nitrogen and oxygen atoms in total. The zero-order valence-corrected chi connectivity index (χ0v) is 15.7. The van der Waals surface area contributed by atoms with Crippen LogP contribution in [0, 0.1) is 0 Å². The van der Waals surface area contributed by atoms with E-state index in [1.165, 1.54) is 5.56 Å². The van der Waals surface area contributed by atoms with E-state index in [2.05, 4.69) is 10.0 Å². The standard InChI is InChI=1S/C18H23ClN2O2S/c1-18(2,3)21-24(22,23)17-10-8-16(9-11-17)20-15-6-4-14(5-7-15)12-13-19/h4-11,20-21H,12-13H2,1-3H3. The first-order valence-electron chi connectivity index (χ1n) is 7.76. The van der Waals surface area contributed by atoms with Gasteiger partial charge in [-0.2, -0.15) is 0 Å². The Morgan fingerprint density at radius 3 is 1.88 bits per heavy atom. The van der Waals surface area contributed by atoms with E-state index in [1.807, 2.05) is 45.0 Å². The van der Waals surface area contributed by atoms with Gasteiger partial charge >= 0.3 is 0 Å². The molecule has 2 aromatic rings. The van der Waals surface area contributed by atoms with E-state index in [4.69, 9.17) is 11.6 Å². The minimum Gasteiger partial charge on any atom is -0.356 e. The lowest BCUT2D eigenvalue weighted by atomic mass is 10.1. The number of hydrogen-bond donors (Lipinski definition) is 2. The van der Waals surface area contributed by atoms with Crippen molar-refractivity contribution in [2.45, 2.75) is 37.6 Å². The molecule has 0 unspecified atom stereocenters. The van der Waals surface area contributed by atoms with Crippen LogP contribution in [0.4, 0.5) is 11.4 Å². The highest BCUT2D eigenvalue weighted by Gasteiger charge is 2.21. The highest BCUT2D eigenvalue weighted by Crippen LogP contribution is 2.20. The number of benzene rings is 2. The summed E-state index contributed by atoms with van der Waals surface area (Å²) in [5.74, 6) is 0.602. The minimum atomic E-state index is -3.51. The summed E-state index contributed by atoms with van der Waals surface area (Å²) in [6, 6.07) is 14.7. The Kier molecular flexibility index (Phi) is 5.91. The third-order valence-electron chi connectivity index (χ3n) is 3.23. The van der Waals surface area contributed by atoms with Gasteiger partial charge in [0.2, 0.25) is 10.0 Å². The molecule has 0 aliphatic carbocycles. The lowest BCUT2D eigenvalue weighted by molar-refractivity contribution is 0.491. The molecule has 2 N–H and O–H groups in total. The van der Waals surface area contributed by atoms with Crippen LogP contribution >= 0.6 is 11.6 Å². The Balaban J connectivity index is 2.09. The Morgan fingerprint density at radius 1 is 0.917 bits per heavy atom. The van der Waals surface area contributed by atoms with Crippen molar-refractivity contribution in [3.63, 3.8) is 0 Å². The van der Waals surface area contributed by atoms with Crippen LogP contribution in [0.25, 0.3) is 0 Å². The monoisotopic (exact) mass is 366 g/mol. The highest BCUT2D eigenvalue weighted by atomic mass is 35.5. The largest absolute Gasteiger partial charge is 0.356 e. The lowest BCUT2D eigenvalue weighted by Crippen LogP contribution is -2.40. The molecule has 2 rings (SSSR count). The fourth-order valence-corrected chi connectivity index (χ4v) is 3.85. The predicted molar refractivity (Wildman–Crippen MR) is 101 cm³/mol. The quantitative estimate of drug-likeness (QED) is 0.750. The Labute approximate surface area is 149 Å². The van der Waals surface area contributed by atoms with Crippen LogP contribution in [0.3, 0.4) is 0 Å². The fraction of sp³-hybridized carbons (Fsp3) is 0.333. The molecule has 0 amide bonds. The molecule has 24 heavy (non-hydrogen) atoms. The van der Waals surface area contributed by atoms with Crippen molar-refractivity contribution in [2.75, 3.05) is 11.2 Å². The number of aryl methyl sites for hydroxylation is 1. The molecule has 0 atom stereocenters. The van der Waals surface area contributed by atoms with E-state index in [0.29, 0.717) is 5.88 Å². The molecule has 0 bridgehead atoms. The smallest absolute Gasteiger partial charge is 0.241 e. The number of alkyl halides is 1. The minimum absolute atomic E-state index is 0.250. The summed E-state index contributed by atoms with van der Waals surface area (Å²) in [5.41, 5.74) is 2.44. The number of halogens is 1. The molecule has 2 aromatic carbocycles. The molecule has 0 aliphatic heterocycles. The van der Waals surface area contributed by atoms with Crippen LogP contribution in [0.15, 0.2) is 53.4 Å². The molecule has 0 saturated heterocycles. The highest BCUT2D eigenvalue weighted by molar-refractivity contribution is 7.89. The third-order valence-corrected chi connectivity index (χ3v) is 5.19. The maximum atomic E-state index is 12.3. The molecule has 0 aliphatic rings. The molecule has 0 spiro atoms. The van der Waals surface area contributed by atoms with Crippen molar-refractivity contribution in [1.29, 1.82) is 0 Å². The van der Waals surface area contributed by atoms with Crippen LogP contribution in [0.5, 0.6) is 0 Å². The van der Waals surface area contributed by atoms with Crippen LogP contribution < -0.4 is 10.0 Å². The van der Waals surface area contributed by atoms with E-state index in [-0.39, 0.29) is 4.90 Å². The molecule has 0 fully saturated rings. The SMILES string of the molecule is CC(C)(C)NS(=O)(=O)c1ccc(Nc2ccc(CCCl)cc2)cc1. The van der Waals surface area contributed by atoms with Gasteiger partial charge in [0, 0.05) is 22.8 Å². The van der Waals surface area contributed by atoms with E-state index in [0.717, 1.165) is 17.8 Å². The molecule has 0 radical (unpaired) electrons. The average Bonchev–Trinajstić information content (AvgIpc) is 2.48. The summed E-state index contributed by atoms with van der Waals surface area (Å²) < 4.78 is 27.2. The Hall–Kier alpha value is -1.56. The van der Waals surface area contributed by atoms with Crippen molar-refractivity contribution >= 4 is 33.0 Å². The van der Waals surface area contributed by atoms with E-state index >= 15 is 0 Å². The molecular weight excluding hydrogens is 344 g/mol. The first-order valence-corrected chi connectivity index (χ1v) is 9.77. The van der Waals surface area contributed by atoms with Gasteiger partial charge in [0.1, 0.15) is 0 Å². The first-order chi connectivity index (χ1) is 11.2. The summed E-state index contributed by atoms with van der Waals surface area (Å²) >= 11 is 5.73. The number of rotatable bonds is 6. The zero-order chi connectivity index (χ0) is 17.8. The van der Waals surface area contributed by atoms with Crippen LogP contribution in [0.2, 0.25) is 0 Å². The van der Waals surface area contributed by atoms with Crippen molar-refractivity contribution in [3.05, 3.63) is 54.1 Å². The molecule has 0 aromatic heterocycles. The molecule has 6 heteroatoms. The number of sulfonamides is 1. The van der Waals surface area contributed by atoms with Crippen molar-refractivity contribution in [1.82, 2.24) is 4.72 Å². The van der Waals surface area contributed by atoms with Crippen LogP contribution in [-0.4, -0.2) is 19.8 Å². The van der Waals surface area contributed by atoms with E-state index < -0.39 is 15.6 Å². The summed E-state index contributed by atoms with van der Waals surface area (Å²) in [6.07, 6.45) is 0.842. The van der Waals surface area contributed by atoms with Gasteiger partial charge in [-0.05, 0) is 69.2 Å². The topological polar surface area (TPSA) is 58.2 Å². The van der Waals surface area contributed by atoms with Crippen LogP contribution in [-0.2, 0) is 16.4 Å². The molecule has 0 saturated carbocycles. The molecule has 0 heterocycles. The van der Waals surface area contributed by atoms with Gasteiger partial charge in [-0.25, -0.2) is 13.1 Å². The van der Waals surface area contributed by atoms with Crippen molar-refractivity contribution < 1.29 is 8.42 Å². The molecule has 130 valence electrons. The van der Waals surface area contributed by atoms with Crippen molar-refractivity contribution in [2.24, 2.45) is 0 Å². The third kappa shape index (κ3) is 5.51. The zero-order valence-electron chi connectivity index (χ0n) is 14.1.